The molecule has 0 spiro atoms. The van der Waals surface area contributed by atoms with Crippen molar-refractivity contribution >= 4 is 17.5 Å². The molecule has 1 saturated heterocycles. The maximum atomic E-state index is 12.8. The number of rotatable bonds is 2. The van der Waals surface area contributed by atoms with E-state index in [1.807, 2.05) is 29.2 Å². The maximum absolute atomic E-state index is 12.8. The largest absolute Gasteiger partial charge is 0.373 e. The molecule has 1 aliphatic heterocycles. The molecule has 0 aliphatic carbocycles. The zero-order chi connectivity index (χ0) is 14.8. The average Bonchev–Trinajstić information content (AvgIpc) is 2.45. The van der Waals surface area contributed by atoms with E-state index in [9.17, 15) is 4.79 Å². The van der Waals surface area contributed by atoms with Crippen molar-refractivity contribution in [1.82, 2.24) is 4.90 Å². The average molecular weight is 296 g/mol. The predicted octanol–water partition coefficient (Wildman–Crippen LogP) is 3.06. The van der Waals surface area contributed by atoms with Gasteiger partial charge in [-0.1, -0.05) is 39.0 Å². The number of nitrogens with zero attached hydrogens (tertiary/aromatic N) is 1. The first-order chi connectivity index (χ1) is 9.43. The quantitative estimate of drug-likeness (QED) is 0.785. The van der Waals surface area contributed by atoms with Crippen LogP contribution in [-0.4, -0.2) is 42.5 Å². The van der Waals surface area contributed by atoms with Crippen molar-refractivity contribution in [2.75, 3.05) is 25.6 Å². The van der Waals surface area contributed by atoms with Crippen LogP contribution in [0.5, 0.6) is 0 Å². The number of morpholine rings is 1. The molecule has 20 heavy (non-hydrogen) atoms. The summed E-state index contributed by atoms with van der Waals surface area (Å²) < 4.78 is 5.52. The van der Waals surface area contributed by atoms with Gasteiger partial charge in [-0.15, -0.1) is 11.6 Å². The van der Waals surface area contributed by atoms with E-state index in [-0.39, 0.29) is 17.4 Å². The SMILES string of the molecule is CC(C)(C)c1ccccc1C(=O)N1CCOC(CCl)C1. The topological polar surface area (TPSA) is 29.5 Å². The van der Waals surface area contributed by atoms with E-state index in [4.69, 9.17) is 16.3 Å². The van der Waals surface area contributed by atoms with Gasteiger partial charge in [-0.2, -0.15) is 0 Å². The second-order valence-corrected chi connectivity index (χ2v) is 6.50. The van der Waals surface area contributed by atoms with Crippen LogP contribution in [0, 0.1) is 0 Å². The van der Waals surface area contributed by atoms with Crippen LogP contribution in [0.25, 0.3) is 0 Å². The van der Waals surface area contributed by atoms with E-state index < -0.39 is 0 Å². The molecule has 1 atom stereocenters. The highest BCUT2D eigenvalue weighted by Gasteiger charge is 2.28. The highest BCUT2D eigenvalue weighted by molar-refractivity contribution is 6.18. The molecule has 0 radical (unpaired) electrons. The molecular formula is C16H22ClNO2. The molecular weight excluding hydrogens is 274 g/mol. The Balaban J connectivity index is 2.25. The minimum absolute atomic E-state index is 0.0512. The van der Waals surface area contributed by atoms with Gasteiger partial charge in [-0.25, -0.2) is 0 Å². The highest BCUT2D eigenvalue weighted by atomic mass is 35.5. The fraction of sp³-hybridized carbons (Fsp3) is 0.562. The predicted molar refractivity (Wildman–Crippen MR) is 81.5 cm³/mol. The maximum Gasteiger partial charge on any atom is 0.254 e. The Morgan fingerprint density at radius 1 is 1.40 bits per heavy atom. The normalized spacial score (nSPS) is 20.0. The van der Waals surface area contributed by atoms with Crippen molar-refractivity contribution in [3.63, 3.8) is 0 Å². The molecule has 2 rings (SSSR count). The smallest absolute Gasteiger partial charge is 0.254 e. The van der Waals surface area contributed by atoms with E-state index in [2.05, 4.69) is 20.8 Å². The summed E-state index contributed by atoms with van der Waals surface area (Å²) >= 11 is 5.84. The standard InChI is InChI=1S/C16H22ClNO2/c1-16(2,3)14-7-5-4-6-13(14)15(19)18-8-9-20-12(10-17)11-18/h4-7,12H,8-11H2,1-3H3. The summed E-state index contributed by atoms with van der Waals surface area (Å²) in [6.45, 7) is 8.13. The first-order valence-corrected chi connectivity index (χ1v) is 7.53. The van der Waals surface area contributed by atoms with E-state index in [1.54, 1.807) is 0 Å². The number of halogens is 1. The van der Waals surface area contributed by atoms with E-state index >= 15 is 0 Å². The molecule has 0 N–H and O–H groups in total. The number of alkyl halides is 1. The Kier molecular flexibility index (Phi) is 4.71. The van der Waals surface area contributed by atoms with Crippen molar-refractivity contribution in [2.45, 2.75) is 32.3 Å². The minimum Gasteiger partial charge on any atom is -0.373 e. The van der Waals surface area contributed by atoms with Crippen molar-refractivity contribution in [3.8, 4) is 0 Å². The van der Waals surface area contributed by atoms with E-state index in [0.717, 1.165) is 11.1 Å². The Morgan fingerprint density at radius 2 is 2.10 bits per heavy atom. The number of ether oxygens (including phenoxy) is 1. The molecule has 1 aromatic rings. The summed E-state index contributed by atoms with van der Waals surface area (Å²) in [5.74, 6) is 0.499. The third-order valence-electron chi connectivity index (χ3n) is 3.56. The Morgan fingerprint density at radius 3 is 2.75 bits per heavy atom. The van der Waals surface area contributed by atoms with Gasteiger partial charge >= 0.3 is 0 Å². The molecule has 1 heterocycles. The monoisotopic (exact) mass is 295 g/mol. The Bertz CT molecular complexity index is 482. The van der Waals surface area contributed by atoms with E-state index in [0.29, 0.717) is 25.6 Å². The van der Waals surface area contributed by atoms with Gasteiger partial charge in [0.25, 0.3) is 5.91 Å². The fourth-order valence-corrected chi connectivity index (χ4v) is 2.68. The Labute approximate surface area is 125 Å². The van der Waals surface area contributed by atoms with Gasteiger partial charge < -0.3 is 9.64 Å². The second-order valence-electron chi connectivity index (χ2n) is 6.19. The lowest BCUT2D eigenvalue weighted by molar-refractivity contribution is -0.0108. The molecule has 3 nitrogen and oxygen atoms in total. The van der Waals surface area contributed by atoms with Crippen LogP contribution in [0.4, 0.5) is 0 Å². The van der Waals surface area contributed by atoms with E-state index in [1.165, 1.54) is 0 Å². The zero-order valence-corrected chi connectivity index (χ0v) is 13.1. The summed E-state index contributed by atoms with van der Waals surface area (Å²) in [7, 11) is 0. The van der Waals surface area contributed by atoms with Crippen molar-refractivity contribution in [1.29, 1.82) is 0 Å². The van der Waals surface area contributed by atoms with Crippen molar-refractivity contribution in [2.24, 2.45) is 0 Å². The number of benzene rings is 1. The molecule has 0 bridgehead atoms. The summed E-state index contributed by atoms with van der Waals surface area (Å²) in [6.07, 6.45) is -0.0591. The molecule has 110 valence electrons. The van der Waals surface area contributed by atoms with Crippen LogP contribution in [0.1, 0.15) is 36.7 Å². The van der Waals surface area contributed by atoms with Gasteiger partial charge in [0.05, 0.1) is 18.6 Å². The number of hydrogen-bond donors (Lipinski definition) is 0. The molecule has 4 heteroatoms. The van der Waals surface area contributed by atoms with Gasteiger partial charge in [0.15, 0.2) is 0 Å². The molecule has 1 amide bonds. The van der Waals surface area contributed by atoms with Crippen LogP contribution in [0.2, 0.25) is 0 Å². The molecule has 1 unspecified atom stereocenters. The van der Waals surface area contributed by atoms with Gasteiger partial charge in [0, 0.05) is 18.7 Å². The summed E-state index contributed by atoms with van der Waals surface area (Å²) in [4.78, 5) is 14.6. The lowest BCUT2D eigenvalue weighted by Gasteiger charge is -2.33. The minimum atomic E-state index is -0.0591. The number of carbonyl (C=O) groups is 1. The van der Waals surface area contributed by atoms with Crippen LogP contribution < -0.4 is 0 Å². The molecule has 1 aliphatic rings. The van der Waals surface area contributed by atoms with Crippen LogP contribution >= 0.6 is 11.6 Å². The van der Waals surface area contributed by atoms with Gasteiger partial charge in [0.1, 0.15) is 0 Å². The first kappa shape index (κ1) is 15.3. The third kappa shape index (κ3) is 3.33. The lowest BCUT2D eigenvalue weighted by atomic mass is 9.83. The van der Waals surface area contributed by atoms with Gasteiger partial charge in [-0.05, 0) is 17.0 Å². The highest BCUT2D eigenvalue weighted by Crippen LogP contribution is 2.27. The van der Waals surface area contributed by atoms with Gasteiger partial charge in [0.2, 0.25) is 0 Å². The van der Waals surface area contributed by atoms with Crippen LogP contribution in [-0.2, 0) is 10.2 Å². The van der Waals surface area contributed by atoms with Crippen molar-refractivity contribution < 1.29 is 9.53 Å². The fourth-order valence-electron chi connectivity index (χ4n) is 2.49. The van der Waals surface area contributed by atoms with Crippen molar-refractivity contribution in [3.05, 3.63) is 35.4 Å². The third-order valence-corrected chi connectivity index (χ3v) is 3.91. The molecule has 0 saturated carbocycles. The molecule has 0 aromatic heterocycles. The Hall–Kier alpha value is -1.06. The number of carbonyl (C=O) groups excluding carboxylic acids is 1. The van der Waals surface area contributed by atoms with Crippen LogP contribution in [0.3, 0.4) is 0 Å². The lowest BCUT2D eigenvalue weighted by Crippen LogP contribution is -2.46. The second kappa shape index (κ2) is 6.15. The summed E-state index contributed by atoms with van der Waals surface area (Å²) in [6, 6.07) is 7.85. The number of hydrogen-bond acceptors (Lipinski definition) is 2. The van der Waals surface area contributed by atoms with Crippen LogP contribution in [0.15, 0.2) is 24.3 Å². The first-order valence-electron chi connectivity index (χ1n) is 7.00. The molecule has 1 fully saturated rings. The summed E-state index contributed by atoms with van der Waals surface area (Å²) in [5, 5.41) is 0. The van der Waals surface area contributed by atoms with Gasteiger partial charge in [-0.3, -0.25) is 4.79 Å². The summed E-state index contributed by atoms with van der Waals surface area (Å²) in [5.41, 5.74) is 1.82. The number of amides is 1. The zero-order valence-electron chi connectivity index (χ0n) is 12.4. The molecule has 1 aromatic carbocycles.